The highest BCUT2D eigenvalue weighted by Crippen LogP contribution is 2.31. The highest BCUT2D eigenvalue weighted by Gasteiger charge is 2.31. The van der Waals surface area contributed by atoms with Crippen molar-refractivity contribution < 1.29 is 4.74 Å². The number of ether oxygens (including phenoxy) is 1. The van der Waals surface area contributed by atoms with E-state index in [0.717, 1.165) is 12.8 Å². The Bertz CT molecular complexity index is 413. The topological polar surface area (TPSA) is 72.5 Å². The number of nitrogens with one attached hydrogen (secondary N) is 1. The Morgan fingerprint density at radius 2 is 2.21 bits per heavy atom. The number of rotatable bonds is 4. The van der Waals surface area contributed by atoms with E-state index in [0.29, 0.717) is 18.3 Å². The highest BCUT2D eigenvalue weighted by molar-refractivity contribution is 5.91. The number of nitrogens with zero attached hydrogens (tertiary/aromatic N) is 2. The van der Waals surface area contributed by atoms with Crippen molar-refractivity contribution in [2.45, 2.75) is 37.7 Å². The molecule has 19 heavy (non-hydrogen) atoms. The second-order valence-corrected chi connectivity index (χ2v) is 4.99. The molecule has 1 aromatic rings. The average molecular weight is 262 g/mol. The zero-order valence-corrected chi connectivity index (χ0v) is 11.4. The van der Waals surface area contributed by atoms with Crippen LogP contribution in [0.15, 0.2) is 29.4 Å². The molecule has 3 N–H and O–H groups in total. The van der Waals surface area contributed by atoms with Crippen LogP contribution in [0, 0.1) is 0 Å². The van der Waals surface area contributed by atoms with Gasteiger partial charge in [-0.25, -0.2) is 4.98 Å². The van der Waals surface area contributed by atoms with Crippen molar-refractivity contribution in [3.63, 3.8) is 0 Å². The summed E-state index contributed by atoms with van der Waals surface area (Å²) in [5, 5.41) is 2.98. The van der Waals surface area contributed by atoms with E-state index in [-0.39, 0.29) is 5.60 Å². The van der Waals surface area contributed by atoms with E-state index in [4.69, 9.17) is 10.5 Å². The fourth-order valence-corrected chi connectivity index (χ4v) is 2.46. The van der Waals surface area contributed by atoms with Crippen molar-refractivity contribution in [1.29, 1.82) is 0 Å². The maximum atomic E-state index is 5.88. The normalized spacial score (nSPS) is 19.1. The SMILES string of the molecule is COC1(CN=C(N)Nc2ccccn2)CCCCC1. The number of guanidine groups is 1. The van der Waals surface area contributed by atoms with E-state index < -0.39 is 0 Å². The van der Waals surface area contributed by atoms with Crippen LogP contribution in [0.2, 0.25) is 0 Å². The maximum absolute atomic E-state index is 5.88. The number of hydrogen-bond donors (Lipinski definition) is 2. The summed E-state index contributed by atoms with van der Waals surface area (Å²) in [4.78, 5) is 8.55. The first-order chi connectivity index (χ1) is 9.24. The van der Waals surface area contributed by atoms with Crippen LogP contribution in [-0.4, -0.2) is 30.2 Å². The fourth-order valence-electron chi connectivity index (χ4n) is 2.46. The number of hydrogen-bond acceptors (Lipinski definition) is 3. The monoisotopic (exact) mass is 262 g/mol. The molecular weight excluding hydrogens is 240 g/mol. The molecule has 0 aliphatic heterocycles. The van der Waals surface area contributed by atoms with Gasteiger partial charge in [0, 0.05) is 13.3 Å². The van der Waals surface area contributed by atoms with Crippen LogP contribution in [0.4, 0.5) is 5.82 Å². The summed E-state index contributed by atoms with van der Waals surface area (Å²) in [6, 6.07) is 5.62. The van der Waals surface area contributed by atoms with Gasteiger partial charge in [0.15, 0.2) is 5.96 Å². The van der Waals surface area contributed by atoms with Crippen LogP contribution in [0.25, 0.3) is 0 Å². The van der Waals surface area contributed by atoms with Crippen LogP contribution in [0.5, 0.6) is 0 Å². The van der Waals surface area contributed by atoms with Crippen molar-refractivity contribution in [3.05, 3.63) is 24.4 Å². The molecule has 1 heterocycles. The Balaban J connectivity index is 1.93. The molecule has 1 aromatic heterocycles. The highest BCUT2D eigenvalue weighted by atomic mass is 16.5. The Kier molecular flexibility index (Phi) is 4.74. The Morgan fingerprint density at radius 1 is 1.42 bits per heavy atom. The van der Waals surface area contributed by atoms with Gasteiger partial charge in [0.05, 0.1) is 12.1 Å². The standard InChI is InChI=1S/C14H22N4O/c1-19-14(8-4-2-5-9-14)11-17-13(15)18-12-7-3-6-10-16-12/h3,6-7,10H,2,4-5,8-9,11H2,1H3,(H3,15,16,17,18). The second-order valence-electron chi connectivity index (χ2n) is 4.99. The minimum atomic E-state index is -0.130. The van der Waals surface area contributed by atoms with E-state index in [2.05, 4.69) is 15.3 Å². The Labute approximate surface area is 114 Å². The lowest BCUT2D eigenvalue weighted by Crippen LogP contribution is -2.38. The van der Waals surface area contributed by atoms with Gasteiger partial charge in [-0.05, 0) is 25.0 Å². The summed E-state index contributed by atoms with van der Waals surface area (Å²) >= 11 is 0. The van der Waals surface area contributed by atoms with Gasteiger partial charge < -0.3 is 15.8 Å². The zero-order chi connectivity index (χ0) is 13.6. The molecular formula is C14H22N4O. The molecule has 2 rings (SSSR count). The van der Waals surface area contributed by atoms with E-state index in [1.807, 2.05) is 18.2 Å². The first kappa shape index (κ1) is 13.8. The summed E-state index contributed by atoms with van der Waals surface area (Å²) in [5.41, 5.74) is 5.75. The van der Waals surface area contributed by atoms with Gasteiger partial charge in [-0.1, -0.05) is 25.3 Å². The van der Waals surface area contributed by atoms with Gasteiger partial charge in [0.25, 0.3) is 0 Å². The number of methoxy groups -OCH3 is 1. The van der Waals surface area contributed by atoms with E-state index in [1.165, 1.54) is 19.3 Å². The first-order valence-electron chi connectivity index (χ1n) is 6.77. The second kappa shape index (κ2) is 6.52. The predicted octanol–water partition coefficient (Wildman–Crippen LogP) is 2.16. The van der Waals surface area contributed by atoms with Crippen molar-refractivity contribution in [2.75, 3.05) is 19.0 Å². The molecule has 1 fully saturated rings. The molecule has 0 aromatic carbocycles. The fraction of sp³-hybridized carbons (Fsp3) is 0.571. The minimum Gasteiger partial charge on any atom is -0.376 e. The van der Waals surface area contributed by atoms with Crippen LogP contribution >= 0.6 is 0 Å². The lowest BCUT2D eigenvalue weighted by molar-refractivity contribution is -0.0308. The summed E-state index contributed by atoms with van der Waals surface area (Å²) in [5.74, 6) is 1.10. The minimum absolute atomic E-state index is 0.130. The van der Waals surface area contributed by atoms with Crippen molar-refractivity contribution >= 4 is 11.8 Å². The molecule has 0 unspecified atom stereocenters. The lowest BCUT2D eigenvalue weighted by atomic mass is 9.85. The van der Waals surface area contributed by atoms with Gasteiger partial charge >= 0.3 is 0 Å². The van der Waals surface area contributed by atoms with Crippen LogP contribution < -0.4 is 11.1 Å². The molecule has 0 bridgehead atoms. The van der Waals surface area contributed by atoms with Crippen molar-refractivity contribution in [3.8, 4) is 0 Å². The van der Waals surface area contributed by atoms with Gasteiger partial charge in [0.1, 0.15) is 5.82 Å². The van der Waals surface area contributed by atoms with E-state index in [1.54, 1.807) is 13.3 Å². The quantitative estimate of drug-likeness (QED) is 0.644. The largest absolute Gasteiger partial charge is 0.376 e. The van der Waals surface area contributed by atoms with Crippen LogP contribution in [0.1, 0.15) is 32.1 Å². The number of anilines is 1. The summed E-state index contributed by atoms with van der Waals surface area (Å²) in [6.45, 7) is 0.606. The number of pyridine rings is 1. The first-order valence-corrected chi connectivity index (χ1v) is 6.77. The predicted molar refractivity (Wildman–Crippen MR) is 77.2 cm³/mol. The number of aliphatic imine (C=N–C) groups is 1. The van der Waals surface area contributed by atoms with E-state index >= 15 is 0 Å². The molecule has 0 spiro atoms. The average Bonchev–Trinajstić information content (AvgIpc) is 2.47. The molecule has 0 saturated heterocycles. The molecule has 0 amide bonds. The van der Waals surface area contributed by atoms with Crippen LogP contribution in [0.3, 0.4) is 0 Å². The third-order valence-corrected chi connectivity index (χ3v) is 3.66. The van der Waals surface area contributed by atoms with Gasteiger partial charge in [0.2, 0.25) is 0 Å². The van der Waals surface area contributed by atoms with Crippen LogP contribution in [-0.2, 0) is 4.74 Å². The van der Waals surface area contributed by atoms with Crippen molar-refractivity contribution in [1.82, 2.24) is 4.98 Å². The molecule has 1 saturated carbocycles. The summed E-state index contributed by atoms with van der Waals surface area (Å²) < 4.78 is 5.67. The molecule has 1 aliphatic carbocycles. The molecule has 0 atom stereocenters. The Morgan fingerprint density at radius 3 is 2.84 bits per heavy atom. The van der Waals surface area contributed by atoms with Gasteiger partial charge in [-0.3, -0.25) is 4.99 Å². The Hall–Kier alpha value is -1.62. The number of nitrogens with two attached hydrogens (primary N) is 1. The lowest BCUT2D eigenvalue weighted by Gasteiger charge is -2.34. The molecule has 5 heteroatoms. The zero-order valence-electron chi connectivity index (χ0n) is 11.4. The molecule has 104 valence electrons. The smallest absolute Gasteiger partial charge is 0.194 e. The third kappa shape index (κ3) is 3.92. The van der Waals surface area contributed by atoms with Gasteiger partial charge in [-0.2, -0.15) is 0 Å². The molecule has 0 radical (unpaired) electrons. The summed E-state index contributed by atoms with van der Waals surface area (Å²) in [6.07, 6.45) is 7.53. The summed E-state index contributed by atoms with van der Waals surface area (Å²) in [7, 11) is 1.77. The molecule has 1 aliphatic rings. The third-order valence-electron chi connectivity index (χ3n) is 3.66. The van der Waals surface area contributed by atoms with E-state index in [9.17, 15) is 0 Å². The number of aromatic nitrogens is 1. The molecule has 5 nitrogen and oxygen atoms in total. The maximum Gasteiger partial charge on any atom is 0.194 e. The van der Waals surface area contributed by atoms with Gasteiger partial charge in [-0.15, -0.1) is 0 Å². The van der Waals surface area contributed by atoms with Crippen molar-refractivity contribution in [2.24, 2.45) is 10.7 Å².